The summed E-state index contributed by atoms with van der Waals surface area (Å²) >= 11 is 6.32. The largest absolute Gasteiger partial charge is 0.495 e. The molecule has 0 N–H and O–H groups in total. The number of anilines is 2. The second-order valence-electron chi connectivity index (χ2n) is 7.85. The van der Waals surface area contributed by atoms with Crippen molar-refractivity contribution in [3.63, 3.8) is 0 Å². The Balaban J connectivity index is 1.80. The van der Waals surface area contributed by atoms with Gasteiger partial charge in [0.05, 0.1) is 37.2 Å². The number of hydrogen-bond donors (Lipinski definition) is 0. The van der Waals surface area contributed by atoms with Crippen LogP contribution in [-0.2, 0) is 14.8 Å². The Morgan fingerprint density at radius 3 is 2.49 bits per heavy atom. The number of methoxy groups -OCH3 is 2. The van der Waals surface area contributed by atoms with Gasteiger partial charge in [-0.25, -0.2) is 8.42 Å². The van der Waals surface area contributed by atoms with Crippen LogP contribution < -0.4 is 23.4 Å². The highest BCUT2D eigenvalue weighted by Crippen LogP contribution is 2.36. The number of sulfonamides is 1. The summed E-state index contributed by atoms with van der Waals surface area (Å²) in [7, 11) is -1.38. The number of carbonyl (C=O) groups excluding carboxylic acids is 1. The molecule has 0 saturated heterocycles. The summed E-state index contributed by atoms with van der Waals surface area (Å²) < 4.78 is 45.2. The second kappa shape index (κ2) is 10.1. The first kappa shape index (κ1) is 24.7. The van der Waals surface area contributed by atoms with Gasteiger partial charge in [-0.3, -0.25) is 9.10 Å². The minimum Gasteiger partial charge on any atom is -0.495 e. The SMILES string of the molecule is COc1ccc(N(CC(=O)N2CCOc3ccccc32)S(=O)(=O)c2cc(C)ccc2OC)cc1Cl. The molecule has 0 spiro atoms. The van der Waals surface area contributed by atoms with Gasteiger partial charge >= 0.3 is 0 Å². The Kier molecular flexibility index (Phi) is 7.09. The van der Waals surface area contributed by atoms with Crippen molar-refractivity contribution in [3.05, 3.63) is 71.2 Å². The average Bonchev–Trinajstić information content (AvgIpc) is 2.86. The zero-order valence-electron chi connectivity index (χ0n) is 19.5. The molecular weight excluding hydrogens is 492 g/mol. The number of ether oxygens (including phenoxy) is 3. The fourth-order valence-electron chi connectivity index (χ4n) is 3.87. The third-order valence-electron chi connectivity index (χ3n) is 5.62. The first-order valence-corrected chi connectivity index (χ1v) is 12.6. The Hall–Kier alpha value is -3.43. The monoisotopic (exact) mass is 516 g/mol. The fourth-order valence-corrected chi connectivity index (χ4v) is 5.77. The van der Waals surface area contributed by atoms with E-state index in [1.807, 2.05) is 6.07 Å². The predicted molar refractivity (Wildman–Crippen MR) is 135 cm³/mol. The van der Waals surface area contributed by atoms with Crippen LogP contribution in [0.15, 0.2) is 65.6 Å². The molecule has 1 heterocycles. The van der Waals surface area contributed by atoms with Crippen LogP contribution in [0, 0.1) is 6.92 Å². The van der Waals surface area contributed by atoms with Crippen LogP contribution in [0.3, 0.4) is 0 Å². The van der Waals surface area contributed by atoms with Gasteiger partial charge in [0.15, 0.2) is 0 Å². The molecule has 184 valence electrons. The molecule has 4 rings (SSSR count). The molecule has 0 fully saturated rings. The van der Waals surface area contributed by atoms with Gasteiger partial charge < -0.3 is 19.1 Å². The Labute approximate surface area is 209 Å². The predicted octanol–water partition coefficient (Wildman–Crippen LogP) is 4.29. The summed E-state index contributed by atoms with van der Waals surface area (Å²) in [6.45, 7) is 1.91. The number of benzene rings is 3. The van der Waals surface area contributed by atoms with Crippen LogP contribution in [0.2, 0.25) is 5.02 Å². The topological polar surface area (TPSA) is 85.4 Å². The molecule has 8 nitrogen and oxygen atoms in total. The molecule has 0 atom stereocenters. The maximum absolute atomic E-state index is 14.0. The van der Waals surface area contributed by atoms with Crippen LogP contribution in [-0.4, -0.2) is 48.2 Å². The summed E-state index contributed by atoms with van der Waals surface area (Å²) in [5.41, 5.74) is 1.53. The Bertz CT molecular complexity index is 1360. The number of hydrogen-bond acceptors (Lipinski definition) is 6. The van der Waals surface area contributed by atoms with E-state index in [1.54, 1.807) is 49.4 Å². The second-order valence-corrected chi connectivity index (χ2v) is 10.1. The third kappa shape index (κ3) is 4.87. The molecular formula is C25H25ClN2O6S. The van der Waals surface area contributed by atoms with Crippen molar-refractivity contribution < 1.29 is 27.4 Å². The molecule has 1 aliphatic heterocycles. The molecule has 35 heavy (non-hydrogen) atoms. The average molecular weight is 517 g/mol. The van der Waals surface area contributed by atoms with Crippen molar-refractivity contribution in [1.82, 2.24) is 0 Å². The van der Waals surface area contributed by atoms with Gasteiger partial charge in [-0.05, 0) is 55.0 Å². The lowest BCUT2D eigenvalue weighted by molar-refractivity contribution is -0.117. The van der Waals surface area contributed by atoms with Crippen LogP contribution in [0.4, 0.5) is 11.4 Å². The van der Waals surface area contributed by atoms with Crippen molar-refractivity contribution in [1.29, 1.82) is 0 Å². The zero-order valence-corrected chi connectivity index (χ0v) is 21.1. The van der Waals surface area contributed by atoms with Gasteiger partial charge in [-0.2, -0.15) is 0 Å². The van der Waals surface area contributed by atoms with Crippen LogP contribution in [0.5, 0.6) is 17.2 Å². The van der Waals surface area contributed by atoms with Gasteiger partial charge in [-0.15, -0.1) is 0 Å². The van der Waals surface area contributed by atoms with Gasteiger partial charge in [0.25, 0.3) is 10.0 Å². The van der Waals surface area contributed by atoms with Gasteiger partial charge in [0.2, 0.25) is 5.91 Å². The van der Waals surface area contributed by atoms with Crippen molar-refractivity contribution in [2.45, 2.75) is 11.8 Å². The lowest BCUT2D eigenvalue weighted by atomic mass is 10.2. The first-order chi connectivity index (χ1) is 16.8. The third-order valence-corrected chi connectivity index (χ3v) is 7.71. The van der Waals surface area contributed by atoms with E-state index in [0.29, 0.717) is 30.3 Å². The van der Waals surface area contributed by atoms with Gasteiger partial charge in [0.1, 0.15) is 35.3 Å². The number of aryl methyl sites for hydroxylation is 1. The van der Waals surface area contributed by atoms with E-state index in [4.69, 9.17) is 25.8 Å². The standard InChI is InChI=1S/C25H25ClN2O6S/c1-17-8-10-23(33-3)24(14-17)35(30,31)28(18-9-11-21(32-2)19(26)15-18)16-25(29)27-12-13-34-22-7-5-4-6-20(22)27/h4-11,14-15H,12-13,16H2,1-3H3. The number of rotatable bonds is 7. The quantitative estimate of drug-likeness (QED) is 0.466. The molecule has 10 heteroatoms. The van der Waals surface area contributed by atoms with E-state index in [-0.39, 0.29) is 21.4 Å². The lowest BCUT2D eigenvalue weighted by Gasteiger charge is -2.32. The molecule has 0 saturated carbocycles. The van der Waals surface area contributed by atoms with E-state index in [2.05, 4.69) is 0 Å². The molecule has 1 amide bonds. The molecule has 0 radical (unpaired) electrons. The smallest absolute Gasteiger partial charge is 0.268 e. The van der Waals surface area contributed by atoms with Crippen LogP contribution in [0.1, 0.15) is 5.56 Å². The van der Waals surface area contributed by atoms with E-state index >= 15 is 0 Å². The molecule has 0 bridgehead atoms. The lowest BCUT2D eigenvalue weighted by Crippen LogP contribution is -2.46. The number of para-hydroxylation sites is 2. The van der Waals surface area contributed by atoms with Gasteiger partial charge in [0, 0.05) is 0 Å². The number of halogens is 1. The molecule has 0 aliphatic carbocycles. The molecule has 0 aromatic heterocycles. The summed E-state index contributed by atoms with van der Waals surface area (Å²) in [5.74, 6) is 0.705. The van der Waals surface area contributed by atoms with Crippen molar-refractivity contribution >= 4 is 38.9 Å². The highest BCUT2D eigenvalue weighted by Gasteiger charge is 2.33. The maximum Gasteiger partial charge on any atom is 0.268 e. The minimum atomic E-state index is -4.24. The number of carbonyl (C=O) groups is 1. The van der Waals surface area contributed by atoms with Crippen molar-refractivity contribution in [2.75, 3.05) is 43.1 Å². The number of amides is 1. The first-order valence-electron chi connectivity index (χ1n) is 10.8. The number of nitrogens with zero attached hydrogens (tertiary/aromatic N) is 2. The zero-order chi connectivity index (χ0) is 25.2. The molecule has 0 unspecified atom stereocenters. The fraction of sp³-hybridized carbons (Fsp3) is 0.240. The van der Waals surface area contributed by atoms with Crippen molar-refractivity contribution in [3.8, 4) is 17.2 Å². The Morgan fingerprint density at radius 2 is 1.77 bits per heavy atom. The van der Waals surface area contributed by atoms with Crippen molar-refractivity contribution in [2.24, 2.45) is 0 Å². The van der Waals surface area contributed by atoms with Crippen LogP contribution in [0.25, 0.3) is 0 Å². The van der Waals surface area contributed by atoms with E-state index in [9.17, 15) is 13.2 Å². The highest BCUT2D eigenvalue weighted by molar-refractivity contribution is 7.93. The summed E-state index contributed by atoms with van der Waals surface area (Å²) in [5, 5.41) is 0.213. The Morgan fingerprint density at radius 1 is 1.06 bits per heavy atom. The van der Waals surface area contributed by atoms with E-state index < -0.39 is 22.5 Å². The van der Waals surface area contributed by atoms with E-state index in [1.165, 1.54) is 31.3 Å². The van der Waals surface area contributed by atoms with Gasteiger partial charge in [-0.1, -0.05) is 29.8 Å². The maximum atomic E-state index is 14.0. The molecule has 3 aromatic rings. The number of fused-ring (bicyclic) bond motifs is 1. The van der Waals surface area contributed by atoms with Crippen LogP contribution >= 0.6 is 11.6 Å². The van der Waals surface area contributed by atoms with E-state index in [0.717, 1.165) is 9.87 Å². The summed E-state index contributed by atoms with van der Waals surface area (Å²) in [6, 6.07) is 16.6. The molecule has 3 aromatic carbocycles. The molecule has 1 aliphatic rings. The minimum absolute atomic E-state index is 0.0536. The summed E-state index contributed by atoms with van der Waals surface area (Å²) in [6.07, 6.45) is 0. The normalized spacial score (nSPS) is 13.0. The highest BCUT2D eigenvalue weighted by atomic mass is 35.5. The summed E-state index contributed by atoms with van der Waals surface area (Å²) in [4.78, 5) is 15.0.